The van der Waals surface area contributed by atoms with Gasteiger partial charge in [-0.2, -0.15) is 13.2 Å². The lowest BCUT2D eigenvalue weighted by atomic mass is 10.0. The molecule has 1 rings (SSSR count). The lowest BCUT2D eigenvalue weighted by Gasteiger charge is -2.16. The fourth-order valence-electron chi connectivity index (χ4n) is 1.84. The average Bonchev–Trinajstić information content (AvgIpc) is 2.33. The molecular weight excluding hydrogens is 293 g/mol. The maximum atomic E-state index is 12.2. The quantitative estimate of drug-likeness (QED) is 0.622. The molecule has 0 heterocycles. The number of hydrogen-bond donors (Lipinski definition) is 2. The van der Waals surface area contributed by atoms with Crippen molar-refractivity contribution in [1.82, 2.24) is 5.32 Å². The second-order valence-corrected chi connectivity index (χ2v) is 4.47. The van der Waals surface area contributed by atoms with E-state index in [4.69, 9.17) is 5.11 Å². The summed E-state index contributed by atoms with van der Waals surface area (Å²) in [5.74, 6) is -1.50. The molecule has 1 aromatic carbocycles. The van der Waals surface area contributed by atoms with Gasteiger partial charge in [0.15, 0.2) is 0 Å². The van der Waals surface area contributed by atoms with Crippen molar-refractivity contribution in [1.29, 1.82) is 0 Å². The number of carbonyl (C=O) groups is 1. The number of halogens is 3. The van der Waals surface area contributed by atoms with Gasteiger partial charge in [0.2, 0.25) is 0 Å². The summed E-state index contributed by atoms with van der Waals surface area (Å²) in [4.78, 5) is 21.0. The number of nitrogens with one attached hydrogen (secondary N) is 1. The van der Waals surface area contributed by atoms with Crippen molar-refractivity contribution < 1.29 is 28.0 Å². The fraction of sp³-hybridized carbons (Fsp3) is 0.417. The summed E-state index contributed by atoms with van der Waals surface area (Å²) in [5, 5.41) is 22.3. The lowest BCUT2D eigenvalue weighted by Crippen LogP contribution is -2.31. The zero-order chi connectivity index (χ0) is 16.2. The number of carboxylic acid groups (broad SMARTS) is 1. The Hall–Kier alpha value is -2.16. The minimum absolute atomic E-state index is 0.0609. The zero-order valence-electron chi connectivity index (χ0n) is 11.0. The molecule has 116 valence electrons. The average molecular weight is 306 g/mol. The van der Waals surface area contributed by atoms with E-state index < -0.39 is 40.8 Å². The summed E-state index contributed by atoms with van der Waals surface area (Å²) in [6.07, 6.45) is -5.42. The van der Waals surface area contributed by atoms with E-state index in [2.05, 4.69) is 5.32 Å². The van der Waals surface area contributed by atoms with Gasteiger partial charge in [-0.3, -0.25) is 10.1 Å². The maximum Gasteiger partial charge on any atom is 0.390 e. The smallest absolute Gasteiger partial charge is 0.390 e. The summed E-state index contributed by atoms with van der Waals surface area (Å²) in [6.45, 7) is 1.09. The number of alkyl halides is 3. The van der Waals surface area contributed by atoms with Gasteiger partial charge in [-0.15, -0.1) is 0 Å². The van der Waals surface area contributed by atoms with Crippen LogP contribution in [0.2, 0.25) is 0 Å². The predicted molar refractivity (Wildman–Crippen MR) is 67.0 cm³/mol. The first-order valence-electron chi connectivity index (χ1n) is 5.91. The Bertz CT molecular complexity index is 546. The number of aromatic carboxylic acids is 1. The monoisotopic (exact) mass is 306 g/mol. The van der Waals surface area contributed by atoms with Gasteiger partial charge in [-0.05, 0) is 12.5 Å². The van der Waals surface area contributed by atoms with Gasteiger partial charge in [0, 0.05) is 18.7 Å². The van der Waals surface area contributed by atoms with Crippen LogP contribution in [0.4, 0.5) is 18.9 Å². The van der Waals surface area contributed by atoms with Gasteiger partial charge in [-0.1, -0.05) is 12.1 Å². The number of benzene rings is 1. The minimum Gasteiger partial charge on any atom is -0.477 e. The van der Waals surface area contributed by atoms with Crippen LogP contribution in [0.25, 0.3) is 0 Å². The molecule has 9 heteroatoms. The van der Waals surface area contributed by atoms with E-state index >= 15 is 0 Å². The third kappa shape index (κ3) is 5.03. The Morgan fingerprint density at radius 2 is 2.10 bits per heavy atom. The molecule has 2 N–H and O–H groups in total. The number of nitrogens with zero attached hydrogens (tertiary/aromatic N) is 1. The molecule has 0 spiro atoms. The fourth-order valence-corrected chi connectivity index (χ4v) is 1.84. The number of nitro benzene ring substituents is 1. The van der Waals surface area contributed by atoms with Crippen LogP contribution in [-0.2, 0) is 6.54 Å². The van der Waals surface area contributed by atoms with E-state index in [1.807, 2.05) is 0 Å². The second-order valence-electron chi connectivity index (χ2n) is 4.47. The van der Waals surface area contributed by atoms with Crippen molar-refractivity contribution >= 4 is 11.7 Å². The highest BCUT2D eigenvalue weighted by Gasteiger charge is 2.30. The molecule has 0 amide bonds. The molecule has 1 aromatic rings. The molecular formula is C12H13F3N2O4. The first-order chi connectivity index (χ1) is 9.61. The van der Waals surface area contributed by atoms with E-state index in [-0.39, 0.29) is 12.1 Å². The highest BCUT2D eigenvalue weighted by Crippen LogP contribution is 2.24. The molecule has 0 aliphatic heterocycles. The number of carboxylic acids is 1. The van der Waals surface area contributed by atoms with Crippen molar-refractivity contribution in [2.24, 2.45) is 0 Å². The third-order valence-corrected chi connectivity index (χ3v) is 2.72. The minimum atomic E-state index is -4.34. The maximum absolute atomic E-state index is 12.2. The van der Waals surface area contributed by atoms with Crippen LogP contribution >= 0.6 is 0 Å². The van der Waals surface area contributed by atoms with Crippen molar-refractivity contribution in [3.05, 3.63) is 39.4 Å². The normalized spacial score (nSPS) is 13.0. The van der Waals surface area contributed by atoms with Crippen LogP contribution in [0.1, 0.15) is 29.3 Å². The van der Waals surface area contributed by atoms with Crippen molar-refractivity contribution in [2.45, 2.75) is 32.1 Å². The van der Waals surface area contributed by atoms with Crippen molar-refractivity contribution in [3.8, 4) is 0 Å². The first-order valence-corrected chi connectivity index (χ1v) is 5.91. The second kappa shape index (κ2) is 6.53. The molecule has 0 fully saturated rings. The topological polar surface area (TPSA) is 92.5 Å². The molecule has 0 radical (unpaired) electrons. The SMILES string of the molecule is CC(CC(F)(F)F)NCc1cccc([N+](=O)[O-])c1C(=O)O. The van der Waals surface area contributed by atoms with Crippen LogP contribution in [0, 0.1) is 10.1 Å². The molecule has 0 saturated carbocycles. The molecule has 1 atom stereocenters. The highest BCUT2D eigenvalue weighted by molar-refractivity contribution is 5.94. The van der Waals surface area contributed by atoms with Crippen LogP contribution < -0.4 is 5.32 Å². The van der Waals surface area contributed by atoms with Gasteiger partial charge >= 0.3 is 12.1 Å². The van der Waals surface area contributed by atoms with Crippen molar-refractivity contribution in [3.63, 3.8) is 0 Å². The number of hydrogen-bond acceptors (Lipinski definition) is 4. The van der Waals surface area contributed by atoms with Gasteiger partial charge in [0.1, 0.15) is 5.56 Å². The largest absolute Gasteiger partial charge is 0.477 e. The van der Waals surface area contributed by atoms with Crippen LogP contribution in [0.15, 0.2) is 18.2 Å². The molecule has 0 aromatic heterocycles. The molecule has 0 aliphatic carbocycles. The van der Waals surface area contributed by atoms with Gasteiger partial charge in [0.25, 0.3) is 5.69 Å². The van der Waals surface area contributed by atoms with Crippen LogP contribution in [0.3, 0.4) is 0 Å². The number of nitro groups is 1. The molecule has 0 saturated heterocycles. The van der Waals surface area contributed by atoms with Crippen LogP contribution in [0.5, 0.6) is 0 Å². The Kier molecular flexibility index (Phi) is 5.25. The molecule has 0 bridgehead atoms. The first kappa shape index (κ1) is 16.9. The Labute approximate surface area is 117 Å². The lowest BCUT2D eigenvalue weighted by molar-refractivity contribution is -0.385. The summed E-state index contributed by atoms with van der Waals surface area (Å²) < 4.78 is 36.6. The third-order valence-electron chi connectivity index (χ3n) is 2.72. The highest BCUT2D eigenvalue weighted by atomic mass is 19.4. The molecule has 1 unspecified atom stereocenters. The van der Waals surface area contributed by atoms with E-state index in [1.54, 1.807) is 0 Å². The van der Waals surface area contributed by atoms with E-state index in [1.165, 1.54) is 19.1 Å². The van der Waals surface area contributed by atoms with Crippen LogP contribution in [-0.4, -0.2) is 28.2 Å². The summed E-state index contributed by atoms with van der Waals surface area (Å²) >= 11 is 0. The van der Waals surface area contributed by atoms with E-state index in [0.29, 0.717) is 0 Å². The molecule has 21 heavy (non-hydrogen) atoms. The predicted octanol–water partition coefficient (Wildman–Crippen LogP) is 2.72. The van der Waals surface area contributed by atoms with Crippen molar-refractivity contribution in [2.75, 3.05) is 0 Å². The Balaban J connectivity index is 2.91. The van der Waals surface area contributed by atoms with Gasteiger partial charge in [0.05, 0.1) is 11.3 Å². The summed E-state index contributed by atoms with van der Waals surface area (Å²) in [5.41, 5.74) is -1.05. The molecule has 6 nitrogen and oxygen atoms in total. The van der Waals surface area contributed by atoms with Gasteiger partial charge in [-0.25, -0.2) is 4.79 Å². The van der Waals surface area contributed by atoms with E-state index in [0.717, 1.165) is 6.07 Å². The number of rotatable bonds is 6. The Morgan fingerprint density at radius 1 is 1.48 bits per heavy atom. The summed E-state index contributed by atoms with van der Waals surface area (Å²) in [6, 6.07) is 2.71. The Morgan fingerprint density at radius 3 is 2.57 bits per heavy atom. The zero-order valence-corrected chi connectivity index (χ0v) is 11.0. The molecule has 0 aliphatic rings. The standard InChI is InChI=1S/C12H13F3N2O4/c1-7(5-12(13,14)15)16-6-8-3-2-4-9(17(20)21)10(8)11(18)19/h2-4,7,16H,5-6H2,1H3,(H,18,19). The summed E-state index contributed by atoms with van der Waals surface area (Å²) in [7, 11) is 0. The van der Waals surface area contributed by atoms with Gasteiger partial charge < -0.3 is 10.4 Å². The van der Waals surface area contributed by atoms with E-state index in [9.17, 15) is 28.1 Å².